The molecule has 1 amide bonds. The standard InChI is InChI=1S/C17H20ClN3O2/c18-13-5-4-8-15(11-13)23-12-21-10-9-16(20-21)17(22)19-14-6-2-1-3-7-14/h4-5,8-11,14H,1-3,6-7,12H2,(H,19,22). The van der Waals surface area contributed by atoms with Crippen LogP contribution in [0.1, 0.15) is 42.6 Å². The van der Waals surface area contributed by atoms with Crippen molar-refractivity contribution in [2.24, 2.45) is 0 Å². The molecule has 122 valence electrons. The summed E-state index contributed by atoms with van der Waals surface area (Å²) in [5.41, 5.74) is 0.422. The number of hydrogen-bond donors (Lipinski definition) is 1. The molecule has 1 saturated carbocycles. The number of carbonyl (C=O) groups excluding carboxylic acids is 1. The maximum atomic E-state index is 12.2. The molecule has 3 rings (SSSR count). The largest absolute Gasteiger partial charge is 0.471 e. The lowest BCUT2D eigenvalue weighted by Gasteiger charge is -2.22. The van der Waals surface area contributed by atoms with Crippen LogP contribution >= 0.6 is 11.6 Å². The smallest absolute Gasteiger partial charge is 0.271 e. The van der Waals surface area contributed by atoms with Crippen LogP contribution in [0.5, 0.6) is 5.75 Å². The van der Waals surface area contributed by atoms with Gasteiger partial charge in [0.25, 0.3) is 5.91 Å². The van der Waals surface area contributed by atoms with Gasteiger partial charge in [-0.25, -0.2) is 4.68 Å². The Bertz CT molecular complexity index is 665. The van der Waals surface area contributed by atoms with Gasteiger partial charge in [-0.05, 0) is 37.1 Å². The average molecular weight is 334 g/mol. The Morgan fingerprint density at radius 2 is 2.13 bits per heavy atom. The molecule has 1 aliphatic rings. The topological polar surface area (TPSA) is 56.2 Å². The number of amides is 1. The molecule has 2 aromatic rings. The molecule has 0 atom stereocenters. The number of nitrogens with zero attached hydrogens (tertiary/aromatic N) is 2. The Morgan fingerprint density at radius 1 is 1.30 bits per heavy atom. The molecule has 0 aliphatic heterocycles. The van der Waals surface area contributed by atoms with E-state index in [4.69, 9.17) is 16.3 Å². The van der Waals surface area contributed by atoms with Crippen molar-refractivity contribution < 1.29 is 9.53 Å². The normalized spacial score (nSPS) is 15.3. The number of aromatic nitrogens is 2. The van der Waals surface area contributed by atoms with Crippen LogP contribution in [-0.2, 0) is 6.73 Å². The van der Waals surface area contributed by atoms with Gasteiger partial charge in [-0.2, -0.15) is 5.10 Å². The van der Waals surface area contributed by atoms with Gasteiger partial charge < -0.3 is 10.1 Å². The van der Waals surface area contributed by atoms with Crippen LogP contribution in [0.3, 0.4) is 0 Å². The molecule has 0 radical (unpaired) electrons. The summed E-state index contributed by atoms with van der Waals surface area (Å²) < 4.78 is 7.19. The third-order valence-corrected chi connectivity index (χ3v) is 4.21. The van der Waals surface area contributed by atoms with Gasteiger partial charge in [0, 0.05) is 17.3 Å². The van der Waals surface area contributed by atoms with Crippen molar-refractivity contribution in [3.05, 3.63) is 47.2 Å². The quantitative estimate of drug-likeness (QED) is 0.909. The lowest BCUT2D eigenvalue weighted by atomic mass is 9.95. The average Bonchev–Trinajstić information content (AvgIpc) is 3.03. The first-order valence-corrected chi connectivity index (χ1v) is 8.31. The number of carbonyl (C=O) groups is 1. The van der Waals surface area contributed by atoms with E-state index in [9.17, 15) is 4.79 Å². The third-order valence-electron chi connectivity index (χ3n) is 3.97. The Hall–Kier alpha value is -2.01. The minimum atomic E-state index is -0.113. The second-order valence-electron chi connectivity index (χ2n) is 5.78. The summed E-state index contributed by atoms with van der Waals surface area (Å²) in [4.78, 5) is 12.2. The van der Waals surface area contributed by atoms with Crippen molar-refractivity contribution in [1.82, 2.24) is 15.1 Å². The van der Waals surface area contributed by atoms with Crippen molar-refractivity contribution in [2.75, 3.05) is 0 Å². The fourth-order valence-electron chi connectivity index (χ4n) is 2.76. The van der Waals surface area contributed by atoms with Crippen LogP contribution < -0.4 is 10.1 Å². The fourth-order valence-corrected chi connectivity index (χ4v) is 2.94. The molecule has 1 aliphatic carbocycles. The second kappa shape index (κ2) is 7.51. The molecule has 1 fully saturated rings. The zero-order valence-electron chi connectivity index (χ0n) is 12.9. The predicted molar refractivity (Wildman–Crippen MR) is 88.6 cm³/mol. The second-order valence-corrected chi connectivity index (χ2v) is 6.22. The zero-order valence-corrected chi connectivity index (χ0v) is 13.6. The maximum Gasteiger partial charge on any atom is 0.271 e. The van der Waals surface area contributed by atoms with E-state index in [1.807, 2.05) is 12.1 Å². The monoisotopic (exact) mass is 333 g/mol. The van der Waals surface area contributed by atoms with Gasteiger partial charge in [-0.15, -0.1) is 0 Å². The minimum absolute atomic E-state index is 0.113. The number of ether oxygens (including phenoxy) is 1. The van der Waals surface area contributed by atoms with E-state index in [-0.39, 0.29) is 18.7 Å². The lowest BCUT2D eigenvalue weighted by molar-refractivity contribution is 0.0920. The summed E-state index contributed by atoms with van der Waals surface area (Å²) >= 11 is 5.91. The molecule has 1 aromatic carbocycles. The summed E-state index contributed by atoms with van der Waals surface area (Å²) in [5.74, 6) is 0.555. The highest BCUT2D eigenvalue weighted by molar-refractivity contribution is 6.30. The first-order valence-electron chi connectivity index (χ1n) is 7.93. The predicted octanol–water partition coefficient (Wildman–Crippen LogP) is 3.64. The van der Waals surface area contributed by atoms with Crippen LogP contribution in [0, 0.1) is 0 Å². The molecule has 0 saturated heterocycles. The summed E-state index contributed by atoms with van der Waals surface area (Å²) in [6.45, 7) is 0.233. The van der Waals surface area contributed by atoms with Crippen LogP contribution in [0.15, 0.2) is 36.5 Å². The van der Waals surface area contributed by atoms with Crippen molar-refractivity contribution in [3.8, 4) is 5.75 Å². The van der Waals surface area contributed by atoms with E-state index in [1.165, 1.54) is 19.3 Å². The highest BCUT2D eigenvalue weighted by Crippen LogP contribution is 2.18. The molecule has 5 nitrogen and oxygen atoms in total. The first kappa shape index (κ1) is 15.9. The van der Waals surface area contributed by atoms with Gasteiger partial charge in [0.2, 0.25) is 0 Å². The van der Waals surface area contributed by atoms with Gasteiger partial charge in [0.15, 0.2) is 6.73 Å². The van der Waals surface area contributed by atoms with Crippen LogP contribution in [0.4, 0.5) is 0 Å². The van der Waals surface area contributed by atoms with Crippen molar-refractivity contribution in [2.45, 2.75) is 44.9 Å². The third kappa shape index (κ3) is 4.48. The molecule has 0 bridgehead atoms. The van der Waals surface area contributed by atoms with Gasteiger partial charge in [0.1, 0.15) is 11.4 Å². The maximum absolute atomic E-state index is 12.2. The van der Waals surface area contributed by atoms with E-state index in [2.05, 4.69) is 10.4 Å². The fraction of sp³-hybridized carbons (Fsp3) is 0.412. The highest BCUT2D eigenvalue weighted by atomic mass is 35.5. The van der Waals surface area contributed by atoms with Gasteiger partial charge in [-0.3, -0.25) is 4.79 Å². The van der Waals surface area contributed by atoms with Crippen LogP contribution in [0.2, 0.25) is 5.02 Å². The number of rotatable bonds is 5. The Morgan fingerprint density at radius 3 is 2.91 bits per heavy atom. The lowest BCUT2D eigenvalue weighted by Crippen LogP contribution is -2.36. The van der Waals surface area contributed by atoms with Gasteiger partial charge in [-0.1, -0.05) is 36.9 Å². The SMILES string of the molecule is O=C(NC1CCCCC1)c1ccn(COc2cccc(Cl)c2)n1. The van der Waals surface area contributed by atoms with Crippen LogP contribution in [-0.4, -0.2) is 21.7 Å². The first-order chi connectivity index (χ1) is 11.2. The highest BCUT2D eigenvalue weighted by Gasteiger charge is 2.18. The summed E-state index contributed by atoms with van der Waals surface area (Å²) in [5, 5.41) is 7.94. The van der Waals surface area contributed by atoms with E-state index in [0.29, 0.717) is 16.5 Å². The van der Waals surface area contributed by atoms with Gasteiger partial charge in [0.05, 0.1) is 0 Å². The number of nitrogens with one attached hydrogen (secondary N) is 1. The molecule has 1 aromatic heterocycles. The number of hydrogen-bond acceptors (Lipinski definition) is 3. The molecule has 0 spiro atoms. The molecule has 1 N–H and O–H groups in total. The summed E-state index contributed by atoms with van der Waals surface area (Å²) in [7, 11) is 0. The summed E-state index contributed by atoms with van der Waals surface area (Å²) in [6, 6.07) is 9.16. The van der Waals surface area contributed by atoms with E-state index < -0.39 is 0 Å². The number of benzene rings is 1. The minimum Gasteiger partial charge on any atom is -0.471 e. The van der Waals surface area contributed by atoms with Crippen molar-refractivity contribution >= 4 is 17.5 Å². The van der Waals surface area contributed by atoms with E-state index in [1.54, 1.807) is 29.1 Å². The molecule has 23 heavy (non-hydrogen) atoms. The molecular formula is C17H20ClN3O2. The van der Waals surface area contributed by atoms with Crippen molar-refractivity contribution in [3.63, 3.8) is 0 Å². The molecule has 6 heteroatoms. The Balaban J connectivity index is 1.53. The van der Waals surface area contributed by atoms with E-state index in [0.717, 1.165) is 12.8 Å². The number of halogens is 1. The summed E-state index contributed by atoms with van der Waals surface area (Å²) in [6.07, 6.45) is 7.50. The van der Waals surface area contributed by atoms with Gasteiger partial charge >= 0.3 is 0 Å². The molecule has 0 unspecified atom stereocenters. The Labute approximate surface area is 140 Å². The zero-order chi connectivity index (χ0) is 16.1. The van der Waals surface area contributed by atoms with Crippen molar-refractivity contribution in [1.29, 1.82) is 0 Å². The Kier molecular flexibility index (Phi) is 5.18. The molecular weight excluding hydrogens is 314 g/mol. The van der Waals surface area contributed by atoms with E-state index >= 15 is 0 Å². The molecule has 1 heterocycles. The van der Waals surface area contributed by atoms with Crippen LogP contribution in [0.25, 0.3) is 0 Å².